The van der Waals surface area contributed by atoms with Crippen LogP contribution in [0.3, 0.4) is 0 Å². The van der Waals surface area contributed by atoms with E-state index in [1.165, 1.54) is 6.08 Å². The third kappa shape index (κ3) is 4.97. The zero-order valence-electron chi connectivity index (χ0n) is 17.5. The van der Waals surface area contributed by atoms with E-state index in [0.717, 1.165) is 22.4 Å². The lowest BCUT2D eigenvalue weighted by atomic mass is 10.0. The standard InChI is InChI=1S/C23H27N3O4/c1-4-22(27)25-11-13-26(14-12-25)23(28)8-6-19-15-17(5-7-20(19)29-2)18-9-10-24-21(16-18)30-3/h4-5,7,9-10,15-16H,1,6,8,11-14H2,2-3H3. The number of nitrogens with zero attached hydrogens (tertiary/aromatic N) is 3. The summed E-state index contributed by atoms with van der Waals surface area (Å²) in [5.74, 6) is 1.30. The topological polar surface area (TPSA) is 72.0 Å². The number of hydrogen-bond acceptors (Lipinski definition) is 5. The lowest BCUT2D eigenvalue weighted by molar-refractivity contribution is -0.137. The first-order chi connectivity index (χ1) is 14.5. The fourth-order valence-electron chi connectivity index (χ4n) is 3.56. The molecular formula is C23H27N3O4. The average molecular weight is 409 g/mol. The van der Waals surface area contributed by atoms with Crippen molar-refractivity contribution in [2.24, 2.45) is 0 Å². The van der Waals surface area contributed by atoms with Crippen LogP contribution in [0.2, 0.25) is 0 Å². The van der Waals surface area contributed by atoms with E-state index in [1.807, 2.05) is 35.2 Å². The molecule has 30 heavy (non-hydrogen) atoms. The van der Waals surface area contributed by atoms with Crippen LogP contribution in [-0.2, 0) is 16.0 Å². The zero-order valence-corrected chi connectivity index (χ0v) is 17.5. The molecular weight excluding hydrogens is 382 g/mol. The lowest BCUT2D eigenvalue weighted by Crippen LogP contribution is -2.50. The van der Waals surface area contributed by atoms with Crippen LogP contribution in [0.5, 0.6) is 11.6 Å². The first-order valence-electron chi connectivity index (χ1n) is 9.92. The Hall–Kier alpha value is -3.35. The van der Waals surface area contributed by atoms with Crippen LogP contribution in [0.15, 0.2) is 49.2 Å². The van der Waals surface area contributed by atoms with E-state index in [4.69, 9.17) is 9.47 Å². The third-order valence-corrected chi connectivity index (χ3v) is 5.28. The highest BCUT2D eigenvalue weighted by atomic mass is 16.5. The molecule has 1 saturated heterocycles. The van der Waals surface area contributed by atoms with Crippen molar-refractivity contribution in [3.05, 3.63) is 54.7 Å². The number of hydrogen-bond donors (Lipinski definition) is 0. The summed E-state index contributed by atoms with van der Waals surface area (Å²) < 4.78 is 10.7. The number of amides is 2. The van der Waals surface area contributed by atoms with Crippen molar-refractivity contribution in [1.29, 1.82) is 0 Å². The fourth-order valence-corrected chi connectivity index (χ4v) is 3.56. The minimum absolute atomic E-state index is 0.0822. The van der Waals surface area contributed by atoms with Crippen molar-refractivity contribution in [3.63, 3.8) is 0 Å². The molecule has 3 rings (SSSR count). The molecule has 1 aromatic heterocycles. The van der Waals surface area contributed by atoms with Crippen molar-refractivity contribution >= 4 is 11.8 Å². The maximum Gasteiger partial charge on any atom is 0.246 e. The molecule has 0 bridgehead atoms. The molecule has 1 aromatic carbocycles. The van der Waals surface area contributed by atoms with E-state index >= 15 is 0 Å². The number of piperazine rings is 1. The smallest absolute Gasteiger partial charge is 0.246 e. The minimum Gasteiger partial charge on any atom is -0.496 e. The van der Waals surface area contributed by atoms with Crippen molar-refractivity contribution in [1.82, 2.24) is 14.8 Å². The van der Waals surface area contributed by atoms with Crippen LogP contribution in [-0.4, -0.2) is 67.0 Å². The summed E-state index contributed by atoms with van der Waals surface area (Å²) in [6, 6.07) is 9.74. The van der Waals surface area contributed by atoms with Gasteiger partial charge in [-0.25, -0.2) is 4.98 Å². The van der Waals surface area contributed by atoms with E-state index in [0.29, 0.717) is 44.9 Å². The van der Waals surface area contributed by atoms with Crippen molar-refractivity contribution in [3.8, 4) is 22.8 Å². The van der Waals surface area contributed by atoms with E-state index in [2.05, 4.69) is 11.6 Å². The van der Waals surface area contributed by atoms with Gasteiger partial charge in [-0.2, -0.15) is 0 Å². The van der Waals surface area contributed by atoms with E-state index < -0.39 is 0 Å². The summed E-state index contributed by atoms with van der Waals surface area (Å²) in [5.41, 5.74) is 2.97. The Bertz CT molecular complexity index is 920. The van der Waals surface area contributed by atoms with Crippen LogP contribution in [0.25, 0.3) is 11.1 Å². The number of methoxy groups -OCH3 is 2. The van der Waals surface area contributed by atoms with Gasteiger partial charge in [-0.1, -0.05) is 12.6 Å². The minimum atomic E-state index is -0.0867. The first kappa shape index (κ1) is 21.4. The number of carbonyl (C=O) groups excluding carboxylic acids is 2. The molecule has 158 valence electrons. The highest BCUT2D eigenvalue weighted by molar-refractivity contribution is 5.87. The van der Waals surface area contributed by atoms with E-state index in [1.54, 1.807) is 25.3 Å². The summed E-state index contributed by atoms with van der Waals surface area (Å²) in [4.78, 5) is 32.1. The van der Waals surface area contributed by atoms with Crippen molar-refractivity contribution < 1.29 is 19.1 Å². The number of pyridine rings is 1. The molecule has 1 aliphatic heterocycles. The summed E-state index contributed by atoms with van der Waals surface area (Å²) >= 11 is 0. The normalized spacial score (nSPS) is 13.7. The summed E-state index contributed by atoms with van der Waals surface area (Å²) in [6.45, 7) is 5.69. The van der Waals surface area contributed by atoms with Gasteiger partial charge in [-0.15, -0.1) is 0 Å². The summed E-state index contributed by atoms with van der Waals surface area (Å²) in [5, 5.41) is 0. The Kier molecular flexibility index (Phi) is 7.06. The molecule has 1 aliphatic rings. The average Bonchev–Trinajstić information content (AvgIpc) is 2.81. The summed E-state index contributed by atoms with van der Waals surface area (Å²) in [6.07, 6.45) is 3.98. The third-order valence-electron chi connectivity index (χ3n) is 5.28. The van der Waals surface area contributed by atoms with Gasteiger partial charge in [0.25, 0.3) is 0 Å². The molecule has 0 spiro atoms. The highest BCUT2D eigenvalue weighted by Gasteiger charge is 2.23. The van der Waals surface area contributed by atoms with Gasteiger partial charge in [0, 0.05) is 44.9 Å². The second-order valence-corrected chi connectivity index (χ2v) is 7.02. The van der Waals surface area contributed by atoms with Gasteiger partial charge < -0.3 is 19.3 Å². The molecule has 0 saturated carbocycles. The van der Waals surface area contributed by atoms with Crippen LogP contribution in [0, 0.1) is 0 Å². The first-order valence-corrected chi connectivity index (χ1v) is 9.92. The quantitative estimate of drug-likeness (QED) is 0.658. The van der Waals surface area contributed by atoms with E-state index in [9.17, 15) is 9.59 Å². The molecule has 2 aromatic rings. The molecule has 0 unspecified atom stereocenters. The van der Waals surface area contributed by atoms with Gasteiger partial charge in [0.1, 0.15) is 5.75 Å². The SMILES string of the molecule is C=CC(=O)N1CCN(C(=O)CCc2cc(-c3ccnc(OC)c3)ccc2OC)CC1. The van der Waals surface area contributed by atoms with Crippen LogP contribution >= 0.6 is 0 Å². The Labute approximate surface area is 176 Å². The monoisotopic (exact) mass is 409 g/mol. The number of aryl methyl sites for hydroxylation is 1. The highest BCUT2D eigenvalue weighted by Crippen LogP contribution is 2.29. The number of aromatic nitrogens is 1. The second-order valence-electron chi connectivity index (χ2n) is 7.02. The number of ether oxygens (including phenoxy) is 2. The van der Waals surface area contributed by atoms with E-state index in [-0.39, 0.29) is 11.8 Å². The van der Waals surface area contributed by atoms with Gasteiger partial charge in [0.05, 0.1) is 14.2 Å². The van der Waals surface area contributed by atoms with Gasteiger partial charge in [-0.05, 0) is 47.4 Å². The van der Waals surface area contributed by atoms with Crippen LogP contribution < -0.4 is 9.47 Å². The maximum absolute atomic E-state index is 12.7. The predicted molar refractivity (Wildman–Crippen MR) is 114 cm³/mol. The lowest BCUT2D eigenvalue weighted by Gasteiger charge is -2.34. The Morgan fingerprint density at radius 3 is 2.40 bits per heavy atom. The molecule has 2 amide bonds. The van der Waals surface area contributed by atoms with Gasteiger partial charge >= 0.3 is 0 Å². The fraction of sp³-hybridized carbons (Fsp3) is 0.348. The molecule has 1 fully saturated rings. The molecule has 7 nitrogen and oxygen atoms in total. The zero-order chi connectivity index (χ0) is 21.5. The molecule has 0 radical (unpaired) electrons. The Morgan fingerprint density at radius 2 is 1.73 bits per heavy atom. The molecule has 0 atom stereocenters. The molecule has 2 heterocycles. The molecule has 7 heteroatoms. The van der Waals surface area contributed by atoms with Gasteiger partial charge in [-0.3, -0.25) is 9.59 Å². The second kappa shape index (κ2) is 9.91. The van der Waals surface area contributed by atoms with Crippen LogP contribution in [0.1, 0.15) is 12.0 Å². The Morgan fingerprint density at radius 1 is 1.03 bits per heavy atom. The number of rotatable bonds is 7. The Balaban J connectivity index is 1.66. The largest absolute Gasteiger partial charge is 0.496 e. The molecule has 0 aliphatic carbocycles. The van der Waals surface area contributed by atoms with Crippen molar-refractivity contribution in [2.75, 3.05) is 40.4 Å². The molecule has 0 N–H and O–H groups in total. The van der Waals surface area contributed by atoms with Gasteiger partial charge in [0.15, 0.2) is 0 Å². The maximum atomic E-state index is 12.7. The van der Waals surface area contributed by atoms with Gasteiger partial charge in [0.2, 0.25) is 17.7 Å². The summed E-state index contributed by atoms with van der Waals surface area (Å²) in [7, 11) is 3.22. The number of carbonyl (C=O) groups is 2. The van der Waals surface area contributed by atoms with Crippen LogP contribution in [0.4, 0.5) is 0 Å². The van der Waals surface area contributed by atoms with Crippen molar-refractivity contribution in [2.45, 2.75) is 12.8 Å². The predicted octanol–water partition coefficient (Wildman–Crippen LogP) is 2.56. The number of benzene rings is 1.